The largest absolute Gasteiger partial charge is 0.384 e. The highest BCUT2D eigenvalue weighted by Crippen LogP contribution is 2.30. The van der Waals surface area contributed by atoms with Crippen LogP contribution >= 0.6 is 0 Å². The number of nitrogens with one attached hydrogen (secondary N) is 1. The first-order valence-electron chi connectivity index (χ1n) is 5.74. The predicted octanol–water partition coefficient (Wildman–Crippen LogP) is 3.52. The monoisotopic (exact) mass is 207 g/mol. The molecule has 0 aromatic heterocycles. The molecule has 0 fully saturated rings. The van der Waals surface area contributed by atoms with Gasteiger partial charge >= 0.3 is 0 Å². The molecule has 0 aliphatic carbocycles. The minimum absolute atomic E-state index is 0.102. The Bertz CT molecular complexity index is 360. The van der Waals surface area contributed by atoms with Crippen molar-refractivity contribution in [2.24, 2.45) is 5.92 Å². The van der Waals surface area contributed by atoms with Gasteiger partial charge in [0.25, 0.3) is 0 Å². The third-order valence-electron chi connectivity index (χ3n) is 3.26. The molecule has 0 bridgehead atoms. The number of halogens is 1. The standard InChI is InChI=1S/C13H18FN/c1-3-4-10-7-11-5-6-12(14)9(2)13(11)15-8-10/h5-6,10,15H,3-4,7-8H2,1-2H3. The number of hydrogen-bond acceptors (Lipinski definition) is 1. The molecule has 0 spiro atoms. The van der Waals surface area contributed by atoms with Crippen LogP contribution < -0.4 is 5.32 Å². The quantitative estimate of drug-likeness (QED) is 0.782. The molecule has 1 nitrogen and oxygen atoms in total. The summed E-state index contributed by atoms with van der Waals surface area (Å²) in [5.41, 5.74) is 3.07. The number of hydrogen-bond donors (Lipinski definition) is 1. The summed E-state index contributed by atoms with van der Waals surface area (Å²) in [5.74, 6) is 0.613. The lowest BCUT2D eigenvalue weighted by Gasteiger charge is -2.27. The van der Waals surface area contributed by atoms with Gasteiger partial charge in [0.1, 0.15) is 5.82 Å². The Balaban J connectivity index is 2.24. The van der Waals surface area contributed by atoms with Crippen molar-refractivity contribution < 1.29 is 4.39 Å². The van der Waals surface area contributed by atoms with Gasteiger partial charge in [-0.3, -0.25) is 0 Å². The van der Waals surface area contributed by atoms with Crippen molar-refractivity contribution in [1.29, 1.82) is 0 Å². The molecule has 1 aromatic rings. The topological polar surface area (TPSA) is 12.0 Å². The molecule has 82 valence electrons. The van der Waals surface area contributed by atoms with Crippen LogP contribution in [0, 0.1) is 18.7 Å². The highest BCUT2D eigenvalue weighted by Gasteiger charge is 2.19. The summed E-state index contributed by atoms with van der Waals surface area (Å²) in [6.07, 6.45) is 3.57. The van der Waals surface area contributed by atoms with E-state index in [1.54, 1.807) is 6.07 Å². The van der Waals surface area contributed by atoms with Crippen LogP contribution in [0.2, 0.25) is 0 Å². The van der Waals surface area contributed by atoms with E-state index in [0.717, 1.165) is 24.2 Å². The average Bonchev–Trinajstić information content (AvgIpc) is 2.24. The minimum atomic E-state index is -0.102. The molecule has 1 aliphatic heterocycles. The lowest BCUT2D eigenvalue weighted by Crippen LogP contribution is -2.23. The highest BCUT2D eigenvalue weighted by molar-refractivity contribution is 5.59. The van der Waals surface area contributed by atoms with E-state index in [2.05, 4.69) is 12.2 Å². The summed E-state index contributed by atoms with van der Waals surface area (Å²) in [4.78, 5) is 0. The van der Waals surface area contributed by atoms with Crippen molar-refractivity contribution in [3.8, 4) is 0 Å². The molecule has 2 heteroatoms. The van der Waals surface area contributed by atoms with Gasteiger partial charge in [0.15, 0.2) is 0 Å². The van der Waals surface area contributed by atoms with Gasteiger partial charge in [-0.1, -0.05) is 19.4 Å². The van der Waals surface area contributed by atoms with E-state index in [9.17, 15) is 4.39 Å². The van der Waals surface area contributed by atoms with Crippen molar-refractivity contribution >= 4 is 5.69 Å². The van der Waals surface area contributed by atoms with Gasteiger partial charge in [-0.15, -0.1) is 0 Å². The zero-order valence-corrected chi connectivity index (χ0v) is 9.44. The van der Waals surface area contributed by atoms with Gasteiger partial charge in [-0.25, -0.2) is 4.39 Å². The van der Waals surface area contributed by atoms with Crippen LogP contribution in [-0.2, 0) is 6.42 Å². The second-order valence-electron chi connectivity index (χ2n) is 4.45. The molecule has 2 rings (SSSR count). The number of rotatable bonds is 2. The van der Waals surface area contributed by atoms with Crippen LogP contribution in [-0.4, -0.2) is 6.54 Å². The van der Waals surface area contributed by atoms with Crippen LogP contribution in [0.15, 0.2) is 12.1 Å². The summed E-state index contributed by atoms with van der Waals surface area (Å²) < 4.78 is 13.3. The fraction of sp³-hybridized carbons (Fsp3) is 0.538. The maximum atomic E-state index is 13.3. The first-order chi connectivity index (χ1) is 7.22. The Morgan fingerprint density at radius 1 is 1.47 bits per heavy atom. The zero-order valence-electron chi connectivity index (χ0n) is 9.44. The Kier molecular flexibility index (Phi) is 2.94. The molecule has 1 heterocycles. The molecule has 0 radical (unpaired) electrons. The van der Waals surface area contributed by atoms with E-state index in [0.29, 0.717) is 5.92 Å². The summed E-state index contributed by atoms with van der Waals surface area (Å²) >= 11 is 0. The summed E-state index contributed by atoms with van der Waals surface area (Å²) in [6.45, 7) is 5.05. The molecular formula is C13H18FN. The second-order valence-corrected chi connectivity index (χ2v) is 4.45. The molecule has 0 saturated heterocycles. The first kappa shape index (κ1) is 10.5. The molecule has 0 amide bonds. The van der Waals surface area contributed by atoms with Gasteiger partial charge in [0.2, 0.25) is 0 Å². The smallest absolute Gasteiger partial charge is 0.128 e. The fourth-order valence-electron chi connectivity index (χ4n) is 2.40. The van der Waals surface area contributed by atoms with E-state index in [1.807, 2.05) is 13.0 Å². The molecule has 1 N–H and O–H groups in total. The van der Waals surface area contributed by atoms with Crippen molar-refractivity contribution in [2.75, 3.05) is 11.9 Å². The van der Waals surface area contributed by atoms with E-state index < -0.39 is 0 Å². The number of benzene rings is 1. The molecular weight excluding hydrogens is 189 g/mol. The third-order valence-corrected chi connectivity index (χ3v) is 3.26. The maximum absolute atomic E-state index is 13.3. The van der Waals surface area contributed by atoms with Gasteiger partial charge in [0.05, 0.1) is 0 Å². The molecule has 1 atom stereocenters. The first-order valence-corrected chi connectivity index (χ1v) is 5.74. The fourth-order valence-corrected chi connectivity index (χ4v) is 2.40. The van der Waals surface area contributed by atoms with Gasteiger partial charge in [-0.05, 0) is 37.3 Å². The molecule has 1 unspecified atom stereocenters. The summed E-state index contributed by atoms with van der Waals surface area (Å²) in [7, 11) is 0. The summed E-state index contributed by atoms with van der Waals surface area (Å²) in [6, 6.07) is 3.51. The minimum Gasteiger partial charge on any atom is -0.384 e. The zero-order chi connectivity index (χ0) is 10.8. The van der Waals surface area contributed by atoms with E-state index in [1.165, 1.54) is 18.4 Å². The lowest BCUT2D eigenvalue weighted by molar-refractivity contribution is 0.487. The third kappa shape index (κ3) is 1.99. The van der Waals surface area contributed by atoms with Crippen molar-refractivity contribution in [2.45, 2.75) is 33.1 Å². The van der Waals surface area contributed by atoms with Gasteiger partial charge in [-0.2, -0.15) is 0 Å². The van der Waals surface area contributed by atoms with Crippen LogP contribution in [0.1, 0.15) is 30.9 Å². The van der Waals surface area contributed by atoms with E-state index >= 15 is 0 Å². The van der Waals surface area contributed by atoms with Crippen molar-refractivity contribution in [3.05, 3.63) is 29.1 Å². The van der Waals surface area contributed by atoms with Gasteiger partial charge < -0.3 is 5.32 Å². The maximum Gasteiger partial charge on any atom is 0.128 e. The Morgan fingerprint density at radius 3 is 3.00 bits per heavy atom. The van der Waals surface area contributed by atoms with Crippen LogP contribution in [0.5, 0.6) is 0 Å². The Labute approximate surface area is 90.7 Å². The van der Waals surface area contributed by atoms with E-state index in [4.69, 9.17) is 0 Å². The van der Waals surface area contributed by atoms with Crippen molar-refractivity contribution in [1.82, 2.24) is 0 Å². The Hall–Kier alpha value is -1.05. The van der Waals surface area contributed by atoms with E-state index in [-0.39, 0.29) is 5.82 Å². The van der Waals surface area contributed by atoms with Crippen LogP contribution in [0.25, 0.3) is 0 Å². The normalized spacial score (nSPS) is 19.5. The van der Waals surface area contributed by atoms with Crippen molar-refractivity contribution in [3.63, 3.8) is 0 Å². The lowest BCUT2D eigenvalue weighted by atomic mass is 9.89. The Morgan fingerprint density at radius 2 is 2.27 bits per heavy atom. The summed E-state index contributed by atoms with van der Waals surface area (Å²) in [5, 5.41) is 3.37. The van der Waals surface area contributed by atoms with Crippen LogP contribution in [0.4, 0.5) is 10.1 Å². The average molecular weight is 207 g/mol. The molecule has 1 aliphatic rings. The highest BCUT2D eigenvalue weighted by atomic mass is 19.1. The SMILES string of the molecule is CCCC1CNc2c(ccc(F)c2C)C1. The molecule has 15 heavy (non-hydrogen) atoms. The second kappa shape index (κ2) is 4.21. The molecule has 1 aromatic carbocycles. The van der Waals surface area contributed by atoms with Gasteiger partial charge in [0, 0.05) is 17.8 Å². The predicted molar refractivity (Wildman–Crippen MR) is 61.7 cm³/mol. The number of anilines is 1. The number of fused-ring (bicyclic) bond motifs is 1. The molecule has 0 saturated carbocycles. The van der Waals surface area contributed by atoms with Crippen LogP contribution in [0.3, 0.4) is 0 Å².